The van der Waals surface area contributed by atoms with Crippen LogP contribution in [0.2, 0.25) is 0 Å². The van der Waals surface area contributed by atoms with Gasteiger partial charge in [0.1, 0.15) is 18.1 Å². The number of ether oxygens (including phenoxy) is 1. The molecule has 8 nitrogen and oxygen atoms in total. The van der Waals surface area contributed by atoms with Crippen molar-refractivity contribution >= 4 is 29.4 Å². The Labute approximate surface area is 254 Å². The molecule has 5 rings (SSSR count). The largest absolute Gasteiger partial charge is 0.497 e. The summed E-state index contributed by atoms with van der Waals surface area (Å²) in [5.74, 6) is 1.66. The van der Waals surface area contributed by atoms with Gasteiger partial charge in [-0.3, -0.25) is 14.5 Å². The van der Waals surface area contributed by atoms with Crippen molar-refractivity contribution in [1.29, 1.82) is 0 Å². The van der Waals surface area contributed by atoms with Crippen molar-refractivity contribution in [1.82, 2.24) is 19.6 Å². The smallest absolute Gasteiger partial charge is 0.242 e. The predicted octanol–water partition coefficient (Wildman–Crippen LogP) is 5.07. The lowest BCUT2D eigenvalue weighted by Gasteiger charge is -2.35. The third-order valence-electron chi connectivity index (χ3n) is 8.28. The Morgan fingerprint density at radius 3 is 2.33 bits per heavy atom. The van der Waals surface area contributed by atoms with Crippen molar-refractivity contribution in [2.45, 2.75) is 51.7 Å². The molecular formula is C33H43N5O3S. The summed E-state index contributed by atoms with van der Waals surface area (Å²) in [6, 6.07) is 16.3. The lowest BCUT2D eigenvalue weighted by molar-refractivity contribution is -0.132. The maximum Gasteiger partial charge on any atom is 0.242 e. The minimum atomic E-state index is -0.304. The van der Waals surface area contributed by atoms with E-state index in [2.05, 4.69) is 63.8 Å². The molecule has 2 amide bonds. The number of piperazine rings is 1. The molecule has 0 bridgehead atoms. The molecule has 1 atom stereocenters. The normalized spacial score (nSPS) is 18.1. The monoisotopic (exact) mass is 589 g/mol. The SMILES string of the molecule is CCc1ccccc1-n1nc(C(C)(C)C)c2c1N(CC(=O)N1CCN(CC)CC1)C(=O)CSC2c1ccc(OC)cc1. The van der Waals surface area contributed by atoms with Crippen molar-refractivity contribution in [2.75, 3.05) is 57.0 Å². The fraction of sp³-hybridized carbons (Fsp3) is 0.485. The summed E-state index contributed by atoms with van der Waals surface area (Å²) >= 11 is 1.60. The van der Waals surface area contributed by atoms with Crippen molar-refractivity contribution in [3.05, 3.63) is 70.9 Å². The Hall–Kier alpha value is -3.30. The third-order valence-corrected chi connectivity index (χ3v) is 9.54. The standard InChI is InChI=1S/C33H43N5O3S/c1-7-23-11-9-10-12-26(23)38-32-29(31(34-38)33(3,4)5)30(24-13-15-25(41-6)16-14-24)42-22-28(40)37(32)21-27(39)36-19-17-35(8-2)18-20-36/h9-16,30H,7-8,17-22H2,1-6H3. The molecule has 1 fully saturated rings. The van der Waals surface area contributed by atoms with Crippen LogP contribution >= 0.6 is 11.8 Å². The Bertz CT molecular complexity index is 1420. The lowest BCUT2D eigenvalue weighted by Crippen LogP contribution is -2.52. The van der Waals surface area contributed by atoms with Crippen LogP contribution in [-0.2, 0) is 21.4 Å². The summed E-state index contributed by atoms with van der Waals surface area (Å²) < 4.78 is 7.38. The van der Waals surface area contributed by atoms with Crippen LogP contribution in [0.3, 0.4) is 0 Å². The van der Waals surface area contributed by atoms with Gasteiger partial charge in [-0.15, -0.1) is 11.8 Å². The molecule has 1 saturated heterocycles. The predicted molar refractivity (Wildman–Crippen MR) is 170 cm³/mol. The van der Waals surface area contributed by atoms with Gasteiger partial charge in [-0.1, -0.05) is 65.0 Å². The Balaban J connectivity index is 1.69. The van der Waals surface area contributed by atoms with E-state index >= 15 is 0 Å². The molecule has 0 aliphatic carbocycles. The van der Waals surface area contributed by atoms with Gasteiger partial charge >= 0.3 is 0 Å². The number of thioether (sulfide) groups is 1. The van der Waals surface area contributed by atoms with Crippen LogP contribution < -0.4 is 9.64 Å². The molecule has 3 heterocycles. The summed E-state index contributed by atoms with van der Waals surface area (Å²) in [5.41, 5.74) is 4.77. The van der Waals surface area contributed by atoms with Crippen molar-refractivity contribution < 1.29 is 14.3 Å². The topological polar surface area (TPSA) is 70.9 Å². The van der Waals surface area contributed by atoms with E-state index in [1.807, 2.05) is 33.8 Å². The number of hydrogen-bond donors (Lipinski definition) is 0. The zero-order chi connectivity index (χ0) is 30.0. The summed E-state index contributed by atoms with van der Waals surface area (Å²) in [6.07, 6.45) is 0.820. The molecular weight excluding hydrogens is 546 g/mol. The number of benzene rings is 2. The van der Waals surface area contributed by atoms with Gasteiger partial charge in [0, 0.05) is 37.2 Å². The lowest BCUT2D eigenvalue weighted by atomic mass is 9.87. The summed E-state index contributed by atoms with van der Waals surface area (Å²) in [4.78, 5) is 33.8. The van der Waals surface area contributed by atoms with E-state index in [0.29, 0.717) is 18.9 Å². The van der Waals surface area contributed by atoms with Crippen LogP contribution in [0.5, 0.6) is 5.75 Å². The second kappa shape index (κ2) is 12.5. The highest BCUT2D eigenvalue weighted by Crippen LogP contribution is 2.48. The highest BCUT2D eigenvalue weighted by molar-refractivity contribution is 8.00. The van der Waals surface area contributed by atoms with E-state index in [-0.39, 0.29) is 34.8 Å². The van der Waals surface area contributed by atoms with Crippen LogP contribution in [0.1, 0.15) is 62.3 Å². The highest BCUT2D eigenvalue weighted by Gasteiger charge is 2.40. The van der Waals surface area contributed by atoms with Crippen LogP contribution in [0.4, 0.5) is 5.82 Å². The number of para-hydroxylation sites is 1. The number of rotatable bonds is 7. The molecule has 0 radical (unpaired) electrons. The van der Waals surface area contributed by atoms with E-state index < -0.39 is 0 Å². The summed E-state index contributed by atoms with van der Waals surface area (Å²) in [7, 11) is 1.66. The van der Waals surface area contributed by atoms with Crippen molar-refractivity contribution in [2.24, 2.45) is 0 Å². The van der Waals surface area contributed by atoms with E-state index in [0.717, 1.165) is 59.9 Å². The number of carbonyl (C=O) groups excluding carboxylic acids is 2. The second-order valence-electron chi connectivity index (χ2n) is 12.0. The quantitative estimate of drug-likeness (QED) is 0.383. The maximum atomic E-state index is 14.0. The number of methoxy groups -OCH3 is 1. The molecule has 2 aromatic carbocycles. The molecule has 9 heteroatoms. The second-order valence-corrected chi connectivity index (χ2v) is 13.1. The zero-order valence-electron chi connectivity index (χ0n) is 25.7. The van der Waals surface area contributed by atoms with Gasteiger partial charge < -0.3 is 14.5 Å². The van der Waals surface area contributed by atoms with Crippen molar-refractivity contribution in [3.8, 4) is 11.4 Å². The molecule has 2 aliphatic rings. The van der Waals surface area contributed by atoms with Crippen LogP contribution in [0.25, 0.3) is 5.69 Å². The first-order valence-electron chi connectivity index (χ1n) is 14.9. The Morgan fingerprint density at radius 2 is 1.71 bits per heavy atom. The van der Waals surface area contributed by atoms with E-state index in [1.165, 1.54) is 0 Å². The molecule has 42 heavy (non-hydrogen) atoms. The number of aromatic nitrogens is 2. The van der Waals surface area contributed by atoms with Gasteiger partial charge in [0.25, 0.3) is 0 Å². The first-order chi connectivity index (χ1) is 20.2. The number of amides is 2. The molecule has 1 unspecified atom stereocenters. The summed E-state index contributed by atoms with van der Waals surface area (Å²) in [5, 5.41) is 5.13. The number of anilines is 1. The molecule has 224 valence electrons. The minimum Gasteiger partial charge on any atom is -0.497 e. The van der Waals surface area contributed by atoms with Crippen molar-refractivity contribution in [3.63, 3.8) is 0 Å². The molecule has 3 aromatic rings. The third kappa shape index (κ3) is 5.95. The number of aryl methyl sites for hydroxylation is 1. The van der Waals surface area contributed by atoms with Crippen LogP contribution in [-0.4, -0.2) is 83.5 Å². The number of nitrogens with zero attached hydrogens (tertiary/aromatic N) is 5. The molecule has 0 spiro atoms. The van der Waals surface area contributed by atoms with Gasteiger partial charge in [0.15, 0.2) is 0 Å². The first-order valence-corrected chi connectivity index (χ1v) is 16.0. The fourth-order valence-corrected chi connectivity index (χ4v) is 7.05. The Kier molecular flexibility index (Phi) is 8.99. The van der Waals surface area contributed by atoms with Gasteiger partial charge in [0.05, 0.1) is 29.5 Å². The van der Waals surface area contributed by atoms with E-state index in [1.54, 1.807) is 23.8 Å². The first kappa shape index (κ1) is 30.2. The molecule has 0 saturated carbocycles. The number of likely N-dealkylation sites (N-methyl/N-ethyl adjacent to an activating group) is 1. The van der Waals surface area contributed by atoms with Gasteiger partial charge in [-0.05, 0) is 42.3 Å². The average molecular weight is 590 g/mol. The number of hydrogen-bond acceptors (Lipinski definition) is 6. The highest BCUT2D eigenvalue weighted by atomic mass is 32.2. The number of carbonyl (C=O) groups is 2. The Morgan fingerprint density at radius 1 is 1.02 bits per heavy atom. The maximum absolute atomic E-state index is 14.0. The van der Waals surface area contributed by atoms with Gasteiger partial charge in [-0.25, -0.2) is 4.68 Å². The molecule has 2 aliphatic heterocycles. The zero-order valence-corrected chi connectivity index (χ0v) is 26.5. The van der Waals surface area contributed by atoms with E-state index in [4.69, 9.17) is 9.84 Å². The van der Waals surface area contributed by atoms with Crippen LogP contribution in [0, 0.1) is 0 Å². The summed E-state index contributed by atoms with van der Waals surface area (Å²) in [6.45, 7) is 14.8. The minimum absolute atomic E-state index is 0.00256. The average Bonchev–Trinajstić information content (AvgIpc) is 3.34. The fourth-order valence-electron chi connectivity index (χ4n) is 5.85. The van der Waals surface area contributed by atoms with Crippen LogP contribution in [0.15, 0.2) is 48.5 Å². The van der Waals surface area contributed by atoms with Gasteiger partial charge in [-0.2, -0.15) is 5.10 Å². The molecule has 1 aromatic heterocycles. The number of fused-ring (bicyclic) bond motifs is 1. The van der Waals surface area contributed by atoms with Gasteiger partial charge in [0.2, 0.25) is 11.8 Å². The molecule has 0 N–H and O–H groups in total. The van der Waals surface area contributed by atoms with E-state index in [9.17, 15) is 9.59 Å².